The molecule has 0 spiro atoms. The van der Waals surface area contributed by atoms with Gasteiger partial charge in [0.2, 0.25) is 10.0 Å². The van der Waals surface area contributed by atoms with Crippen LogP contribution < -0.4 is 5.32 Å². The highest BCUT2D eigenvalue weighted by atomic mass is 32.2. The summed E-state index contributed by atoms with van der Waals surface area (Å²) in [6.45, 7) is 6.61. The van der Waals surface area contributed by atoms with Gasteiger partial charge < -0.3 is 10.2 Å². The summed E-state index contributed by atoms with van der Waals surface area (Å²) < 4.78 is 27.7. The molecule has 34 heavy (non-hydrogen) atoms. The normalized spacial score (nSPS) is 15.0. The summed E-state index contributed by atoms with van der Waals surface area (Å²) >= 11 is 0. The van der Waals surface area contributed by atoms with E-state index in [-0.39, 0.29) is 5.91 Å². The molecular formula is C27H35N3O3S. The van der Waals surface area contributed by atoms with Crippen molar-refractivity contribution in [2.45, 2.75) is 39.8 Å². The number of likely N-dealkylation sites (N-methyl/N-ethyl adjacent to an activating group) is 1. The first kappa shape index (κ1) is 25.9. The second-order valence-electron chi connectivity index (χ2n) is 8.57. The van der Waals surface area contributed by atoms with E-state index in [0.717, 1.165) is 24.2 Å². The molecule has 1 aliphatic heterocycles. The van der Waals surface area contributed by atoms with Crippen LogP contribution in [0.1, 0.15) is 47.3 Å². The van der Waals surface area contributed by atoms with E-state index in [2.05, 4.69) is 22.3 Å². The maximum Gasteiger partial charge on any atom is 0.251 e. The Hall–Kier alpha value is -2.74. The Kier molecular flexibility index (Phi) is 9.21. The summed E-state index contributed by atoms with van der Waals surface area (Å²) in [6.07, 6.45) is 6.39. The van der Waals surface area contributed by atoms with Crippen LogP contribution in [0, 0.1) is 0 Å². The number of fused-ring (bicyclic) bond motifs is 1. The van der Waals surface area contributed by atoms with Crippen molar-refractivity contribution in [3.63, 3.8) is 0 Å². The van der Waals surface area contributed by atoms with Gasteiger partial charge in [-0.2, -0.15) is 4.31 Å². The lowest BCUT2D eigenvalue weighted by molar-refractivity contribution is 0.0949. The Bertz CT molecular complexity index is 1140. The van der Waals surface area contributed by atoms with E-state index in [0.29, 0.717) is 42.9 Å². The van der Waals surface area contributed by atoms with Crippen LogP contribution in [-0.4, -0.2) is 50.2 Å². The van der Waals surface area contributed by atoms with Crippen LogP contribution in [0.2, 0.25) is 0 Å². The van der Waals surface area contributed by atoms with Crippen LogP contribution in [0.3, 0.4) is 0 Å². The standard InChI is InChI=1S/C27H35N3O3S/c1-4-9-26(10-5-2)34(32,33)30-17-15-23-19-24(13-14-25(23)21-30)27(31)28-16-18-29(3)20-22-11-7-6-8-12-22/h4,6-14,19H,5,15-18,20-21H2,1-3H3,(H,28,31)/b9-4-,26-10+. The second-order valence-corrected chi connectivity index (χ2v) is 10.5. The molecule has 1 aliphatic rings. The van der Waals surface area contributed by atoms with Crippen LogP contribution in [0.25, 0.3) is 0 Å². The lowest BCUT2D eigenvalue weighted by Crippen LogP contribution is -2.37. The molecular weight excluding hydrogens is 446 g/mol. The quantitative estimate of drug-likeness (QED) is 0.519. The van der Waals surface area contributed by atoms with E-state index in [1.807, 2.05) is 51.2 Å². The monoisotopic (exact) mass is 481 g/mol. The van der Waals surface area contributed by atoms with Crippen LogP contribution >= 0.6 is 0 Å². The Morgan fingerprint density at radius 1 is 1.15 bits per heavy atom. The number of carbonyl (C=O) groups is 1. The number of nitrogens with zero attached hydrogens (tertiary/aromatic N) is 2. The largest absolute Gasteiger partial charge is 0.351 e. The van der Waals surface area contributed by atoms with Crippen molar-refractivity contribution < 1.29 is 13.2 Å². The van der Waals surface area contributed by atoms with Crippen LogP contribution in [0.5, 0.6) is 0 Å². The summed E-state index contributed by atoms with van der Waals surface area (Å²) in [5.74, 6) is -0.104. The van der Waals surface area contributed by atoms with Gasteiger partial charge in [-0.15, -0.1) is 0 Å². The van der Waals surface area contributed by atoms with Gasteiger partial charge >= 0.3 is 0 Å². The topological polar surface area (TPSA) is 69.7 Å². The van der Waals surface area contributed by atoms with E-state index in [4.69, 9.17) is 0 Å². The molecule has 0 saturated heterocycles. The molecule has 0 unspecified atom stereocenters. The SMILES string of the molecule is C/C=C\C(=C/CC)S(=O)(=O)N1CCc2cc(C(=O)NCCN(C)Cc3ccccc3)ccc2C1. The zero-order chi connectivity index (χ0) is 24.6. The van der Waals surface area contributed by atoms with E-state index < -0.39 is 10.0 Å². The molecule has 7 heteroatoms. The first-order valence-corrected chi connectivity index (χ1v) is 13.2. The fraction of sp³-hybridized carbons (Fsp3) is 0.370. The third kappa shape index (κ3) is 6.65. The molecule has 6 nitrogen and oxygen atoms in total. The number of rotatable bonds is 10. The Morgan fingerprint density at radius 3 is 2.62 bits per heavy atom. The van der Waals surface area contributed by atoms with E-state index in [1.165, 1.54) is 9.87 Å². The van der Waals surface area contributed by atoms with Crippen molar-refractivity contribution in [1.82, 2.24) is 14.5 Å². The van der Waals surface area contributed by atoms with Gasteiger partial charge in [-0.25, -0.2) is 8.42 Å². The number of allylic oxidation sites excluding steroid dienone is 3. The predicted molar refractivity (Wildman–Crippen MR) is 138 cm³/mol. The molecule has 1 heterocycles. The molecule has 0 aromatic heterocycles. The molecule has 0 aliphatic carbocycles. The highest BCUT2D eigenvalue weighted by molar-refractivity contribution is 7.93. The van der Waals surface area contributed by atoms with E-state index >= 15 is 0 Å². The van der Waals surface area contributed by atoms with Gasteiger partial charge in [-0.05, 0) is 61.7 Å². The summed E-state index contributed by atoms with van der Waals surface area (Å²) in [6, 6.07) is 15.8. The summed E-state index contributed by atoms with van der Waals surface area (Å²) in [5, 5.41) is 3.00. The minimum Gasteiger partial charge on any atom is -0.351 e. The molecule has 1 amide bonds. The number of amides is 1. The Balaban J connectivity index is 1.58. The van der Waals surface area contributed by atoms with Crippen molar-refractivity contribution in [1.29, 1.82) is 0 Å². The molecule has 1 N–H and O–H groups in total. The summed E-state index contributed by atoms with van der Waals surface area (Å²) in [4.78, 5) is 15.2. The summed E-state index contributed by atoms with van der Waals surface area (Å²) in [5.41, 5.74) is 3.84. The highest BCUT2D eigenvalue weighted by Gasteiger charge is 2.29. The lowest BCUT2D eigenvalue weighted by Gasteiger charge is -2.28. The average molecular weight is 482 g/mol. The van der Waals surface area contributed by atoms with Gasteiger partial charge in [-0.1, -0.05) is 55.5 Å². The lowest BCUT2D eigenvalue weighted by atomic mass is 9.98. The minimum atomic E-state index is -3.54. The fourth-order valence-corrected chi connectivity index (χ4v) is 5.71. The molecule has 2 aromatic carbocycles. The smallest absolute Gasteiger partial charge is 0.251 e. The van der Waals surface area contributed by atoms with Crippen molar-refractivity contribution in [2.24, 2.45) is 0 Å². The highest BCUT2D eigenvalue weighted by Crippen LogP contribution is 2.26. The zero-order valence-electron chi connectivity index (χ0n) is 20.3. The molecule has 3 rings (SSSR count). The molecule has 2 aromatic rings. The van der Waals surface area contributed by atoms with Gasteiger partial charge in [0.1, 0.15) is 0 Å². The number of hydrogen-bond acceptors (Lipinski definition) is 4. The molecule has 0 atom stereocenters. The van der Waals surface area contributed by atoms with Crippen molar-refractivity contribution >= 4 is 15.9 Å². The number of hydrogen-bond donors (Lipinski definition) is 1. The Labute approximate surface area is 204 Å². The first-order chi connectivity index (χ1) is 16.3. The van der Waals surface area contributed by atoms with E-state index in [1.54, 1.807) is 24.3 Å². The third-order valence-corrected chi connectivity index (χ3v) is 7.78. The number of nitrogens with one attached hydrogen (secondary N) is 1. The zero-order valence-corrected chi connectivity index (χ0v) is 21.1. The van der Waals surface area contributed by atoms with E-state index in [9.17, 15) is 13.2 Å². The van der Waals surface area contributed by atoms with Crippen LogP contribution in [-0.2, 0) is 29.5 Å². The number of carbonyl (C=O) groups excluding carboxylic acids is 1. The minimum absolute atomic E-state index is 0.104. The van der Waals surface area contributed by atoms with Gasteiger partial charge in [0.05, 0.1) is 4.91 Å². The van der Waals surface area contributed by atoms with Crippen molar-refractivity contribution in [3.8, 4) is 0 Å². The molecule has 0 bridgehead atoms. The number of benzene rings is 2. The maximum absolute atomic E-state index is 13.1. The van der Waals surface area contributed by atoms with Gasteiger partial charge in [0.15, 0.2) is 0 Å². The van der Waals surface area contributed by atoms with Gasteiger partial charge in [0, 0.05) is 38.3 Å². The third-order valence-electron chi connectivity index (χ3n) is 5.89. The number of sulfonamides is 1. The molecule has 0 saturated carbocycles. The van der Waals surface area contributed by atoms with Crippen molar-refractivity contribution in [3.05, 3.63) is 93.9 Å². The van der Waals surface area contributed by atoms with Crippen LogP contribution in [0.4, 0.5) is 0 Å². The summed E-state index contributed by atoms with van der Waals surface area (Å²) in [7, 11) is -1.50. The second kappa shape index (κ2) is 12.1. The van der Waals surface area contributed by atoms with Crippen LogP contribution in [0.15, 0.2) is 71.7 Å². The molecule has 0 fully saturated rings. The maximum atomic E-state index is 13.1. The van der Waals surface area contributed by atoms with Crippen molar-refractivity contribution in [2.75, 3.05) is 26.7 Å². The van der Waals surface area contributed by atoms with Gasteiger partial charge in [0.25, 0.3) is 5.91 Å². The van der Waals surface area contributed by atoms with Gasteiger partial charge in [-0.3, -0.25) is 4.79 Å². The predicted octanol–water partition coefficient (Wildman–Crippen LogP) is 4.11. The Morgan fingerprint density at radius 2 is 1.91 bits per heavy atom. The molecule has 0 radical (unpaired) electrons. The average Bonchev–Trinajstić information content (AvgIpc) is 2.83. The molecule has 182 valence electrons. The first-order valence-electron chi connectivity index (χ1n) is 11.8. The fourth-order valence-electron chi connectivity index (χ4n) is 4.08.